The first kappa shape index (κ1) is 13.2. The third-order valence-corrected chi connectivity index (χ3v) is 3.56. The molecule has 0 atom stereocenters. The van der Waals surface area contributed by atoms with Crippen molar-refractivity contribution >= 4 is 17.5 Å². The average Bonchev–Trinajstić information content (AvgIpc) is 2.35. The maximum atomic E-state index is 12.0. The zero-order valence-electron chi connectivity index (χ0n) is 9.90. The number of amides is 1. The van der Waals surface area contributed by atoms with Crippen LogP contribution < -0.4 is 5.32 Å². The first-order valence-electron chi connectivity index (χ1n) is 6.03. The zero-order chi connectivity index (χ0) is 13.1. The summed E-state index contributed by atoms with van der Waals surface area (Å²) in [6.45, 7) is 0. The SMILES string of the molecule is O=C(NC1CCC(O)CC1)c1cc(O)ccc1Cl. The molecule has 1 amide bonds. The summed E-state index contributed by atoms with van der Waals surface area (Å²) in [7, 11) is 0. The molecule has 0 bridgehead atoms. The number of nitrogens with one attached hydrogen (secondary N) is 1. The summed E-state index contributed by atoms with van der Waals surface area (Å²) in [4.78, 5) is 12.0. The molecule has 1 aromatic rings. The van der Waals surface area contributed by atoms with Crippen LogP contribution in [0.1, 0.15) is 36.0 Å². The number of carbonyl (C=O) groups excluding carboxylic acids is 1. The van der Waals surface area contributed by atoms with Gasteiger partial charge in [-0.2, -0.15) is 0 Å². The van der Waals surface area contributed by atoms with Crippen LogP contribution in [0.3, 0.4) is 0 Å². The molecule has 0 radical (unpaired) electrons. The van der Waals surface area contributed by atoms with Crippen molar-refractivity contribution in [2.24, 2.45) is 0 Å². The highest BCUT2D eigenvalue weighted by Gasteiger charge is 2.22. The Morgan fingerprint density at radius 1 is 1.28 bits per heavy atom. The van der Waals surface area contributed by atoms with Crippen molar-refractivity contribution in [1.82, 2.24) is 5.32 Å². The number of phenols is 1. The Bertz CT molecular complexity index is 442. The van der Waals surface area contributed by atoms with Crippen LogP contribution in [-0.4, -0.2) is 28.3 Å². The molecule has 5 heteroatoms. The number of aliphatic hydroxyl groups excluding tert-OH is 1. The summed E-state index contributed by atoms with van der Waals surface area (Å²) in [5.41, 5.74) is 0.280. The number of halogens is 1. The van der Waals surface area contributed by atoms with Gasteiger partial charge in [0, 0.05) is 6.04 Å². The van der Waals surface area contributed by atoms with Crippen LogP contribution in [0.4, 0.5) is 0 Å². The van der Waals surface area contributed by atoms with Gasteiger partial charge in [0.2, 0.25) is 0 Å². The maximum Gasteiger partial charge on any atom is 0.253 e. The Kier molecular flexibility index (Phi) is 4.09. The normalized spacial score (nSPS) is 23.7. The summed E-state index contributed by atoms with van der Waals surface area (Å²) in [6, 6.07) is 4.36. The van der Waals surface area contributed by atoms with Gasteiger partial charge in [-0.05, 0) is 43.9 Å². The molecule has 0 heterocycles. The van der Waals surface area contributed by atoms with E-state index in [1.54, 1.807) is 0 Å². The van der Waals surface area contributed by atoms with E-state index in [1.807, 2.05) is 0 Å². The number of carbonyl (C=O) groups is 1. The van der Waals surface area contributed by atoms with Gasteiger partial charge < -0.3 is 15.5 Å². The van der Waals surface area contributed by atoms with Gasteiger partial charge in [-0.3, -0.25) is 4.79 Å². The molecule has 18 heavy (non-hydrogen) atoms. The Labute approximate surface area is 111 Å². The third kappa shape index (κ3) is 3.15. The highest BCUT2D eigenvalue weighted by molar-refractivity contribution is 6.33. The lowest BCUT2D eigenvalue weighted by atomic mass is 9.93. The third-order valence-electron chi connectivity index (χ3n) is 3.23. The monoisotopic (exact) mass is 269 g/mol. The predicted molar refractivity (Wildman–Crippen MR) is 68.8 cm³/mol. The number of hydrogen-bond acceptors (Lipinski definition) is 3. The number of benzene rings is 1. The lowest BCUT2D eigenvalue weighted by Gasteiger charge is -2.26. The maximum absolute atomic E-state index is 12.0. The lowest BCUT2D eigenvalue weighted by molar-refractivity contribution is 0.0867. The summed E-state index contributed by atoms with van der Waals surface area (Å²) < 4.78 is 0. The highest BCUT2D eigenvalue weighted by Crippen LogP contribution is 2.23. The molecular weight excluding hydrogens is 254 g/mol. The number of phenolic OH excluding ortho intramolecular Hbond substituents is 1. The molecule has 3 N–H and O–H groups in total. The smallest absolute Gasteiger partial charge is 0.253 e. The second-order valence-corrected chi connectivity index (χ2v) is 5.05. The molecule has 1 saturated carbocycles. The molecule has 0 aromatic heterocycles. The van der Waals surface area contributed by atoms with Crippen molar-refractivity contribution in [3.8, 4) is 5.75 Å². The van der Waals surface area contributed by atoms with Crippen LogP contribution in [0.15, 0.2) is 18.2 Å². The van der Waals surface area contributed by atoms with Crippen molar-refractivity contribution in [3.05, 3.63) is 28.8 Å². The summed E-state index contributed by atoms with van der Waals surface area (Å²) in [5.74, 6) is -0.263. The van der Waals surface area contributed by atoms with E-state index in [9.17, 15) is 15.0 Å². The molecule has 0 aliphatic heterocycles. The molecule has 0 spiro atoms. The lowest BCUT2D eigenvalue weighted by Crippen LogP contribution is -2.38. The molecular formula is C13H16ClNO3. The van der Waals surface area contributed by atoms with E-state index >= 15 is 0 Å². The van der Waals surface area contributed by atoms with Crippen molar-refractivity contribution in [1.29, 1.82) is 0 Å². The topological polar surface area (TPSA) is 69.6 Å². The standard InChI is InChI=1S/C13H16ClNO3/c14-12-6-5-10(17)7-11(12)13(18)15-8-1-3-9(16)4-2-8/h5-9,16-17H,1-4H2,(H,15,18). The average molecular weight is 270 g/mol. The highest BCUT2D eigenvalue weighted by atomic mass is 35.5. The van der Waals surface area contributed by atoms with Gasteiger partial charge in [0.1, 0.15) is 5.75 Å². The number of hydrogen-bond donors (Lipinski definition) is 3. The zero-order valence-corrected chi connectivity index (χ0v) is 10.7. The molecule has 1 aromatic carbocycles. The van der Waals surface area contributed by atoms with E-state index in [1.165, 1.54) is 18.2 Å². The van der Waals surface area contributed by atoms with Crippen LogP contribution >= 0.6 is 11.6 Å². The van der Waals surface area contributed by atoms with E-state index in [-0.39, 0.29) is 29.4 Å². The number of rotatable bonds is 2. The Morgan fingerprint density at radius 3 is 2.61 bits per heavy atom. The number of aromatic hydroxyl groups is 1. The minimum Gasteiger partial charge on any atom is -0.508 e. The van der Waals surface area contributed by atoms with Crippen molar-refractivity contribution in [2.45, 2.75) is 37.8 Å². The molecule has 0 saturated heterocycles. The van der Waals surface area contributed by atoms with Gasteiger partial charge in [0.15, 0.2) is 0 Å². The molecule has 2 rings (SSSR count). The molecule has 1 fully saturated rings. The van der Waals surface area contributed by atoms with E-state index < -0.39 is 0 Å². The summed E-state index contributed by atoms with van der Waals surface area (Å²) >= 11 is 5.92. The summed E-state index contributed by atoms with van der Waals surface area (Å²) in [5, 5.41) is 21.9. The van der Waals surface area contributed by atoms with E-state index in [0.717, 1.165) is 12.8 Å². The van der Waals surface area contributed by atoms with Gasteiger partial charge in [0.25, 0.3) is 5.91 Å². The molecule has 1 aliphatic carbocycles. The molecule has 0 unspecified atom stereocenters. The molecule has 98 valence electrons. The minimum atomic E-state index is -0.280. The molecule has 4 nitrogen and oxygen atoms in total. The van der Waals surface area contributed by atoms with Crippen molar-refractivity contribution in [3.63, 3.8) is 0 Å². The van der Waals surface area contributed by atoms with Crippen LogP contribution in [0.5, 0.6) is 5.75 Å². The predicted octanol–water partition coefficient (Wildman–Crippen LogP) is 2.08. The fourth-order valence-corrected chi connectivity index (χ4v) is 2.37. The van der Waals surface area contributed by atoms with Gasteiger partial charge >= 0.3 is 0 Å². The fourth-order valence-electron chi connectivity index (χ4n) is 2.17. The van der Waals surface area contributed by atoms with E-state index in [4.69, 9.17) is 11.6 Å². The van der Waals surface area contributed by atoms with Gasteiger partial charge in [0.05, 0.1) is 16.7 Å². The Morgan fingerprint density at radius 2 is 1.94 bits per heavy atom. The van der Waals surface area contributed by atoms with Gasteiger partial charge in [-0.15, -0.1) is 0 Å². The van der Waals surface area contributed by atoms with Crippen LogP contribution in [0.25, 0.3) is 0 Å². The van der Waals surface area contributed by atoms with Gasteiger partial charge in [-0.25, -0.2) is 0 Å². The summed E-state index contributed by atoms with van der Waals surface area (Å²) in [6.07, 6.45) is 2.70. The van der Waals surface area contributed by atoms with E-state index in [0.29, 0.717) is 17.9 Å². The van der Waals surface area contributed by atoms with Crippen LogP contribution in [0, 0.1) is 0 Å². The van der Waals surface area contributed by atoms with E-state index in [2.05, 4.69) is 5.32 Å². The van der Waals surface area contributed by atoms with Crippen molar-refractivity contribution in [2.75, 3.05) is 0 Å². The Hall–Kier alpha value is -1.26. The fraction of sp³-hybridized carbons (Fsp3) is 0.462. The largest absolute Gasteiger partial charge is 0.508 e. The Balaban J connectivity index is 2.01. The van der Waals surface area contributed by atoms with Crippen LogP contribution in [0.2, 0.25) is 5.02 Å². The quantitative estimate of drug-likeness (QED) is 0.770. The minimum absolute atomic E-state index is 0.0172. The van der Waals surface area contributed by atoms with Gasteiger partial charge in [-0.1, -0.05) is 11.6 Å². The molecule has 1 aliphatic rings. The second-order valence-electron chi connectivity index (χ2n) is 4.64. The number of aliphatic hydroxyl groups is 1. The first-order chi connectivity index (χ1) is 8.56. The van der Waals surface area contributed by atoms with Crippen LogP contribution in [-0.2, 0) is 0 Å². The van der Waals surface area contributed by atoms with Crippen molar-refractivity contribution < 1.29 is 15.0 Å². The first-order valence-corrected chi connectivity index (χ1v) is 6.41. The second kappa shape index (κ2) is 5.59.